The van der Waals surface area contributed by atoms with E-state index < -0.39 is 11.9 Å². The number of carboxylic acid groups (broad SMARTS) is 2. The van der Waals surface area contributed by atoms with Gasteiger partial charge in [-0.05, 0) is 0 Å². The first-order valence-corrected chi connectivity index (χ1v) is 1.11. The molecule has 0 rings (SSSR count). The van der Waals surface area contributed by atoms with E-state index in [1.54, 1.807) is 0 Å². The number of rotatable bonds is 0. The van der Waals surface area contributed by atoms with Crippen LogP contribution in [-0.2, 0) is 61.3 Å². The summed E-state index contributed by atoms with van der Waals surface area (Å²) < 4.78 is 0. The molecule has 0 aliphatic rings. The van der Waals surface area contributed by atoms with Crippen LogP contribution < -0.4 is 0 Å². The van der Waals surface area contributed by atoms with Crippen LogP contribution in [-0.4, -0.2) is 22.2 Å². The van der Waals surface area contributed by atoms with Crippen molar-refractivity contribution in [3.63, 3.8) is 0 Å². The molecule has 2 radical (unpaired) electrons. The molecule has 0 atom stereocenters. The van der Waals surface area contributed by atoms with Gasteiger partial charge in [0.25, 0.3) is 0 Å². The summed E-state index contributed by atoms with van der Waals surface area (Å²) in [5.74, 6) is -3.65. The molecule has 0 aliphatic heterocycles. The Hall–Kier alpha value is 0.680. The summed E-state index contributed by atoms with van der Waals surface area (Å²) in [5, 5.41) is 14.8. The third-order valence-corrected chi connectivity index (χ3v) is 0.183. The maximum absolute atomic E-state index is 9.10. The van der Waals surface area contributed by atoms with Gasteiger partial charge in [-0.3, -0.25) is 0 Å². The van der Waals surface area contributed by atoms with Crippen molar-refractivity contribution in [2.75, 3.05) is 0 Å². The molecule has 0 fully saturated rings. The number of aliphatic carboxylic acids is 2. The van der Waals surface area contributed by atoms with Gasteiger partial charge in [-0.2, -0.15) is 0 Å². The molecule has 0 heterocycles. The van der Waals surface area contributed by atoms with Gasteiger partial charge in [0, 0.05) is 51.7 Å². The van der Waals surface area contributed by atoms with E-state index >= 15 is 0 Å². The second-order valence-electron chi connectivity index (χ2n) is 0.610. The fourth-order valence-corrected chi connectivity index (χ4v) is 0. The van der Waals surface area contributed by atoms with Gasteiger partial charge >= 0.3 is 11.9 Å². The number of carboxylic acids is 2. The molecular weight excluding hydrogens is 178 g/mol. The summed E-state index contributed by atoms with van der Waals surface area (Å²) in [5.41, 5.74) is 0. The van der Waals surface area contributed by atoms with Crippen LogP contribution in [0.5, 0.6) is 0 Å². The molecular formula is C2H2O4Sc2. The Morgan fingerprint density at radius 2 is 1.00 bits per heavy atom. The smallest absolute Gasteiger partial charge is 0.414 e. The normalized spacial score (nSPS) is 5.50. The first-order valence-electron chi connectivity index (χ1n) is 1.11. The summed E-state index contributed by atoms with van der Waals surface area (Å²) in [7, 11) is 0. The molecule has 2 N–H and O–H groups in total. The van der Waals surface area contributed by atoms with Gasteiger partial charge in [0.1, 0.15) is 0 Å². The van der Waals surface area contributed by atoms with Crippen molar-refractivity contribution in [3.8, 4) is 0 Å². The third kappa shape index (κ3) is 9.84. The van der Waals surface area contributed by atoms with E-state index in [0.29, 0.717) is 0 Å². The number of hydrogen-bond donors (Lipinski definition) is 2. The van der Waals surface area contributed by atoms with Gasteiger partial charge in [0.2, 0.25) is 0 Å². The maximum Gasteiger partial charge on any atom is 0.414 e. The van der Waals surface area contributed by atoms with Gasteiger partial charge < -0.3 is 10.2 Å². The van der Waals surface area contributed by atoms with Crippen molar-refractivity contribution in [3.05, 3.63) is 0 Å². The Morgan fingerprint density at radius 3 is 1.00 bits per heavy atom. The number of hydrogen-bond acceptors (Lipinski definition) is 2. The van der Waals surface area contributed by atoms with Crippen LogP contribution in [0.2, 0.25) is 0 Å². The molecule has 6 heteroatoms. The summed E-state index contributed by atoms with van der Waals surface area (Å²) in [4.78, 5) is 18.2. The van der Waals surface area contributed by atoms with Crippen LogP contribution in [0.3, 0.4) is 0 Å². The summed E-state index contributed by atoms with van der Waals surface area (Å²) >= 11 is 0. The van der Waals surface area contributed by atoms with E-state index in [9.17, 15) is 0 Å². The molecule has 4 nitrogen and oxygen atoms in total. The molecule has 0 spiro atoms. The minimum Gasteiger partial charge on any atom is -0.473 e. The minimum atomic E-state index is -1.82. The average molecular weight is 180 g/mol. The second-order valence-corrected chi connectivity index (χ2v) is 0.610. The summed E-state index contributed by atoms with van der Waals surface area (Å²) in [6.07, 6.45) is 0. The van der Waals surface area contributed by atoms with Crippen molar-refractivity contribution < 1.29 is 71.5 Å². The van der Waals surface area contributed by atoms with E-state index in [4.69, 9.17) is 19.8 Å². The monoisotopic (exact) mass is 180 g/mol. The standard InChI is InChI=1S/C2H2O4.2Sc/c3-1(4)2(5)6;;/h(H,3,4)(H,5,6);;. The van der Waals surface area contributed by atoms with Crippen LogP contribution in [0.4, 0.5) is 0 Å². The van der Waals surface area contributed by atoms with Crippen LogP contribution in [0, 0.1) is 0 Å². The molecule has 0 amide bonds. The summed E-state index contributed by atoms with van der Waals surface area (Å²) in [6, 6.07) is 0. The van der Waals surface area contributed by atoms with Gasteiger partial charge in [-0.15, -0.1) is 0 Å². The Balaban J connectivity index is -0.000000125. The molecule has 0 bridgehead atoms. The van der Waals surface area contributed by atoms with E-state index in [0.717, 1.165) is 0 Å². The van der Waals surface area contributed by atoms with Crippen molar-refractivity contribution >= 4 is 11.9 Å². The maximum atomic E-state index is 9.10. The van der Waals surface area contributed by atoms with E-state index in [1.807, 2.05) is 0 Å². The Kier molecular flexibility index (Phi) is 15.2. The van der Waals surface area contributed by atoms with Crippen LogP contribution in [0.15, 0.2) is 0 Å². The molecule has 0 aromatic carbocycles. The van der Waals surface area contributed by atoms with Gasteiger partial charge in [-0.1, -0.05) is 0 Å². The topological polar surface area (TPSA) is 74.6 Å². The fourth-order valence-electron chi connectivity index (χ4n) is 0. The zero-order chi connectivity index (χ0) is 5.15. The number of carbonyl (C=O) groups is 2. The van der Waals surface area contributed by atoms with Gasteiger partial charge in [0.15, 0.2) is 0 Å². The minimum absolute atomic E-state index is 0. The average Bonchev–Trinajstić information content (AvgIpc) is 1.36. The van der Waals surface area contributed by atoms with Crippen LogP contribution in [0.1, 0.15) is 0 Å². The first kappa shape index (κ1) is 15.9. The van der Waals surface area contributed by atoms with Crippen molar-refractivity contribution in [1.82, 2.24) is 0 Å². The predicted molar refractivity (Wildman–Crippen MR) is 15.3 cm³/mol. The SMILES string of the molecule is O=C(O)C(=O)O.[Sc].[Sc]. The Labute approximate surface area is 82.8 Å². The van der Waals surface area contributed by atoms with E-state index in [1.165, 1.54) is 0 Å². The van der Waals surface area contributed by atoms with E-state index in [-0.39, 0.29) is 51.7 Å². The van der Waals surface area contributed by atoms with Crippen molar-refractivity contribution in [2.24, 2.45) is 0 Å². The second kappa shape index (κ2) is 7.68. The molecule has 0 aromatic rings. The Morgan fingerprint density at radius 1 is 0.875 bits per heavy atom. The van der Waals surface area contributed by atoms with Crippen LogP contribution >= 0.6 is 0 Å². The largest absolute Gasteiger partial charge is 0.473 e. The molecule has 0 saturated carbocycles. The molecule has 0 unspecified atom stereocenters. The molecule has 0 saturated heterocycles. The fraction of sp³-hybridized carbons (Fsp3) is 0. The first-order chi connectivity index (χ1) is 2.64. The predicted octanol–water partition coefficient (Wildman–Crippen LogP) is -0.849. The summed E-state index contributed by atoms with van der Waals surface area (Å²) in [6.45, 7) is 0. The van der Waals surface area contributed by atoms with Crippen molar-refractivity contribution in [2.45, 2.75) is 0 Å². The molecule has 0 aliphatic carbocycles. The third-order valence-electron chi connectivity index (χ3n) is 0.183. The van der Waals surface area contributed by atoms with Gasteiger partial charge in [-0.25, -0.2) is 9.59 Å². The molecule has 0 aromatic heterocycles. The zero-order valence-corrected chi connectivity index (χ0v) is 7.47. The van der Waals surface area contributed by atoms with Gasteiger partial charge in [0.05, 0.1) is 0 Å². The van der Waals surface area contributed by atoms with E-state index in [2.05, 4.69) is 0 Å². The quantitative estimate of drug-likeness (QED) is 0.476. The van der Waals surface area contributed by atoms with Crippen molar-refractivity contribution in [1.29, 1.82) is 0 Å². The Bertz CT molecular complexity index is 78.0. The molecule has 40 valence electrons. The zero-order valence-electron chi connectivity index (χ0n) is 3.87. The van der Waals surface area contributed by atoms with Crippen LogP contribution in [0.25, 0.3) is 0 Å². The molecule has 8 heavy (non-hydrogen) atoms.